The third kappa shape index (κ3) is 138. The quantitative estimate of drug-likeness (QED) is 0.535. The third-order valence-corrected chi connectivity index (χ3v) is 0. The van der Waals surface area contributed by atoms with Crippen LogP contribution in [-0.4, -0.2) is 5.48 Å². The molecule has 0 aromatic heterocycles. The summed E-state index contributed by atoms with van der Waals surface area (Å²) in [5, 5.41) is 0. The molecule has 0 bridgehead atoms. The van der Waals surface area contributed by atoms with E-state index in [0.29, 0.717) is 0 Å². The predicted molar refractivity (Wildman–Crippen MR) is 10.3 cm³/mol. The topological polar surface area (TPSA) is 31.5 Å². The molecule has 9 heavy (non-hydrogen) atoms. The fourth-order valence-electron chi connectivity index (χ4n) is 0. The van der Waals surface area contributed by atoms with E-state index in [1.54, 1.807) is 0 Å². The number of hydrogen-bond acceptors (Lipinski definition) is 0. The Morgan fingerprint density at radius 1 is 0.556 bits per heavy atom. The Kier molecular flexibility index (Phi) is 24.8. The van der Waals surface area contributed by atoms with Gasteiger partial charge >= 0.3 is 80.3 Å². The van der Waals surface area contributed by atoms with Gasteiger partial charge in [0.2, 0.25) is 0 Å². The zero-order valence-corrected chi connectivity index (χ0v) is 10.2. The summed E-state index contributed by atoms with van der Waals surface area (Å²) in [6, 6.07) is 0. The first-order valence-electron chi connectivity index (χ1n) is 1.13. The minimum atomic E-state index is -5.16. The predicted octanol–water partition coefficient (Wildman–Crippen LogP) is 1.70. The van der Waals surface area contributed by atoms with E-state index in [-0.39, 0.29) is 5.48 Å². The maximum atomic E-state index is 9.88. The van der Waals surface area contributed by atoms with Crippen molar-refractivity contribution in [1.82, 2.24) is 0 Å². The Bertz CT molecular complexity index is 26.5. The zero-order chi connectivity index (χ0) is 7.15. The van der Waals surface area contributed by atoms with Gasteiger partial charge in [-0.25, -0.2) is 0 Å². The molecule has 0 aliphatic carbocycles. The van der Waals surface area contributed by atoms with Crippen LogP contribution in [0.5, 0.6) is 0 Å². The second-order valence-electron chi connectivity index (χ2n) is 0.429. The molecule has 1 nitrogen and oxygen atoms in total. The van der Waals surface area contributed by atoms with Gasteiger partial charge in [0.25, 0.3) is 0 Å². The van der Waals surface area contributed by atoms with Gasteiger partial charge in [-0.3, -0.25) is 0 Å². The molecule has 0 aliphatic rings. The van der Waals surface area contributed by atoms with Crippen molar-refractivity contribution < 1.29 is 85.8 Å². The molecule has 0 heterocycles. The van der Waals surface area contributed by atoms with Gasteiger partial charge in [0.15, 0.2) is 0 Å². The Labute approximate surface area is 83.7 Å². The van der Waals surface area contributed by atoms with Gasteiger partial charge in [0.05, 0.1) is 0 Å². The molecule has 9 heteroatoms. The van der Waals surface area contributed by atoms with Gasteiger partial charge in [-0.15, -0.1) is 0 Å². The minimum absolute atomic E-state index is 0. The zero-order valence-electron chi connectivity index (χ0n) is 3.77. The molecule has 58 valence electrons. The van der Waals surface area contributed by atoms with Gasteiger partial charge in [-0.1, -0.05) is 0 Å². The summed E-state index contributed by atoms with van der Waals surface area (Å²) < 4.78 is 59.3. The molecular formula is H2F6Nd2O. The molecule has 0 rings (SSSR count). The Hall–Kier alpha value is 2.24. The molecule has 0 saturated heterocycles. The summed E-state index contributed by atoms with van der Waals surface area (Å²) in [6.07, 6.45) is 0. The van der Waals surface area contributed by atoms with Crippen molar-refractivity contribution in [3.63, 3.8) is 0 Å². The van der Waals surface area contributed by atoms with Gasteiger partial charge in [-0.2, -0.15) is 0 Å². The second-order valence-corrected chi connectivity index (χ2v) is 3.18. The molecule has 2 N–H and O–H groups in total. The van der Waals surface area contributed by atoms with Crippen molar-refractivity contribution in [3.05, 3.63) is 0 Å². The summed E-state index contributed by atoms with van der Waals surface area (Å²) in [5.74, 6) is 0. The van der Waals surface area contributed by atoms with Gasteiger partial charge in [-0.05, 0) is 0 Å². The summed E-state index contributed by atoms with van der Waals surface area (Å²) in [4.78, 5) is 0. The molecule has 0 radical (unpaired) electrons. The van der Waals surface area contributed by atoms with Crippen molar-refractivity contribution in [2.75, 3.05) is 0 Å². The molecule has 0 aromatic rings. The Morgan fingerprint density at radius 2 is 0.556 bits per heavy atom. The third-order valence-electron chi connectivity index (χ3n) is 0. The van der Waals surface area contributed by atoms with E-state index in [9.17, 15) is 6.08 Å². The van der Waals surface area contributed by atoms with Crippen LogP contribution in [0.25, 0.3) is 0 Å². The molecule has 0 fully saturated rings. The SMILES string of the molecule is O.[F][Nd]([F])[F].[F][Nd]([F])[F]. The van der Waals surface area contributed by atoms with E-state index in [1.165, 1.54) is 0 Å². The van der Waals surface area contributed by atoms with Crippen LogP contribution in [0.3, 0.4) is 0 Å². The summed E-state index contributed by atoms with van der Waals surface area (Å²) in [6.45, 7) is 0. The fraction of sp³-hybridized carbons (Fsp3) is 0. The standard InChI is InChI=1S/6FH.2Nd.H2O/h6*1H;;;1H2/q;;;;;;2*+3;/p-6. The van der Waals surface area contributed by atoms with Crippen LogP contribution in [-0.2, 0) is 0 Å². The van der Waals surface area contributed by atoms with Crippen LogP contribution >= 0.6 is 0 Å². The van der Waals surface area contributed by atoms with E-state index in [1.807, 2.05) is 0 Å². The van der Waals surface area contributed by atoms with Crippen LogP contribution in [0.15, 0.2) is 0 Å². The van der Waals surface area contributed by atoms with Crippen molar-refractivity contribution in [1.29, 1.82) is 0 Å². The Morgan fingerprint density at radius 3 is 0.556 bits per heavy atom. The van der Waals surface area contributed by atoms with Crippen LogP contribution in [0, 0.1) is 74.2 Å². The first-order chi connectivity index (χ1) is 3.46. The van der Waals surface area contributed by atoms with Gasteiger partial charge in [0, 0.05) is 0 Å². The monoisotopic (exact) mass is 416 g/mol. The van der Waals surface area contributed by atoms with Crippen molar-refractivity contribution in [2.45, 2.75) is 0 Å². The average Bonchev–Trinajstić information content (AvgIpc) is 1.25. The molecule has 0 aliphatic heterocycles. The van der Waals surface area contributed by atoms with E-state index >= 15 is 0 Å². The maximum absolute atomic E-state index is 9.88. The number of rotatable bonds is 0. The molecule has 0 spiro atoms. The molecule has 0 amide bonds. The Balaban J connectivity index is -0.0000000720. The van der Waals surface area contributed by atoms with Crippen LogP contribution in [0.4, 0.5) is 6.08 Å². The van der Waals surface area contributed by atoms with Gasteiger partial charge in [0.1, 0.15) is 0 Å². The molecule has 0 aromatic carbocycles. The normalized spacial score (nSPS) is 6.00. The molecule has 0 saturated carbocycles. The van der Waals surface area contributed by atoms with E-state index < -0.39 is 74.2 Å². The average molecular weight is 420 g/mol. The van der Waals surface area contributed by atoms with Crippen molar-refractivity contribution >= 4 is 0 Å². The van der Waals surface area contributed by atoms with E-state index in [4.69, 9.17) is 0 Å². The summed E-state index contributed by atoms with van der Waals surface area (Å²) in [7, 11) is 0. The molecule has 0 atom stereocenters. The molecular weight excluding hydrogens is 418 g/mol. The van der Waals surface area contributed by atoms with E-state index in [2.05, 4.69) is 0 Å². The van der Waals surface area contributed by atoms with Crippen LogP contribution in [0.2, 0.25) is 0 Å². The summed E-state index contributed by atoms with van der Waals surface area (Å²) in [5.41, 5.74) is 0. The van der Waals surface area contributed by atoms with E-state index in [0.717, 1.165) is 0 Å². The first kappa shape index (κ1) is 17.4. The summed E-state index contributed by atoms with van der Waals surface area (Å²) >= 11 is -10.3. The van der Waals surface area contributed by atoms with Crippen LogP contribution in [0.1, 0.15) is 0 Å². The van der Waals surface area contributed by atoms with Crippen LogP contribution < -0.4 is 0 Å². The number of hydrogen-bond donors (Lipinski definition) is 0. The fourth-order valence-corrected chi connectivity index (χ4v) is 0. The first-order valence-corrected chi connectivity index (χ1v) is 8.41. The number of halogens is 6. The second kappa shape index (κ2) is 12.9. The van der Waals surface area contributed by atoms with Crippen molar-refractivity contribution in [2.24, 2.45) is 0 Å². The van der Waals surface area contributed by atoms with Crippen molar-refractivity contribution in [3.8, 4) is 0 Å². The molecule has 0 unspecified atom stereocenters. The van der Waals surface area contributed by atoms with Gasteiger partial charge < -0.3 is 5.48 Å².